The monoisotopic (exact) mass is 569 g/mol. The molecule has 1 aliphatic heterocycles. The van der Waals surface area contributed by atoms with Crippen LogP contribution < -0.4 is 20.1 Å². The standard InChI is InChI=1S/C32H31N3O5S/c1-21-14-16-25(17-15-21)33-32(37)34-29-20-24(27-11-6-7-13-30(27)41(38,39)35-22(2)36)19-28-26(12-8-18-40-31(28)29)23-9-4-3-5-10-23/h3-7,9-11,13-17,19-20,26H,8,12,18H2,1-2H3,(H,35,36)(H2,33,34,37). The summed E-state index contributed by atoms with van der Waals surface area (Å²) in [6, 6.07) is 27.1. The molecular weight excluding hydrogens is 538 g/mol. The molecule has 9 heteroatoms. The molecule has 0 spiro atoms. The fourth-order valence-corrected chi connectivity index (χ4v) is 6.30. The summed E-state index contributed by atoms with van der Waals surface area (Å²) in [6.45, 7) is 3.59. The van der Waals surface area contributed by atoms with E-state index in [4.69, 9.17) is 4.74 Å². The van der Waals surface area contributed by atoms with Gasteiger partial charge in [0.2, 0.25) is 5.91 Å². The maximum Gasteiger partial charge on any atom is 0.323 e. The summed E-state index contributed by atoms with van der Waals surface area (Å²) in [4.78, 5) is 24.8. The molecule has 210 valence electrons. The van der Waals surface area contributed by atoms with Gasteiger partial charge in [-0.25, -0.2) is 17.9 Å². The zero-order valence-electron chi connectivity index (χ0n) is 22.8. The number of hydrogen-bond acceptors (Lipinski definition) is 5. The lowest BCUT2D eigenvalue weighted by molar-refractivity contribution is -0.117. The van der Waals surface area contributed by atoms with E-state index < -0.39 is 22.0 Å². The summed E-state index contributed by atoms with van der Waals surface area (Å²) >= 11 is 0. The predicted molar refractivity (Wildman–Crippen MR) is 160 cm³/mol. The van der Waals surface area contributed by atoms with Crippen molar-refractivity contribution in [2.24, 2.45) is 0 Å². The Morgan fingerprint density at radius 1 is 0.878 bits per heavy atom. The molecule has 8 nitrogen and oxygen atoms in total. The molecule has 1 atom stereocenters. The first-order chi connectivity index (χ1) is 19.7. The lowest BCUT2D eigenvalue weighted by Crippen LogP contribution is -2.28. The second-order valence-corrected chi connectivity index (χ2v) is 11.6. The van der Waals surface area contributed by atoms with Crippen molar-refractivity contribution in [3.8, 4) is 16.9 Å². The molecule has 1 unspecified atom stereocenters. The van der Waals surface area contributed by atoms with Crippen LogP contribution in [0.1, 0.15) is 42.4 Å². The van der Waals surface area contributed by atoms with E-state index in [1.165, 1.54) is 6.07 Å². The summed E-state index contributed by atoms with van der Waals surface area (Å²) in [6.07, 6.45) is 1.60. The molecule has 3 amide bonds. The van der Waals surface area contributed by atoms with Crippen molar-refractivity contribution in [1.82, 2.24) is 4.72 Å². The van der Waals surface area contributed by atoms with Gasteiger partial charge in [-0.2, -0.15) is 0 Å². The molecule has 1 heterocycles. The molecule has 41 heavy (non-hydrogen) atoms. The number of amides is 3. The van der Waals surface area contributed by atoms with Crippen LogP contribution in [0.15, 0.2) is 95.9 Å². The van der Waals surface area contributed by atoms with E-state index in [1.54, 1.807) is 24.3 Å². The van der Waals surface area contributed by atoms with Gasteiger partial charge in [0.1, 0.15) is 5.75 Å². The highest BCUT2D eigenvalue weighted by atomic mass is 32.2. The minimum atomic E-state index is -4.14. The Morgan fingerprint density at radius 3 is 2.32 bits per heavy atom. The van der Waals surface area contributed by atoms with E-state index in [2.05, 4.69) is 27.5 Å². The second-order valence-electron chi connectivity index (χ2n) is 10.00. The van der Waals surface area contributed by atoms with Gasteiger partial charge in [0.05, 0.1) is 17.2 Å². The van der Waals surface area contributed by atoms with E-state index in [0.29, 0.717) is 34.9 Å². The Bertz CT molecular complexity index is 1690. The van der Waals surface area contributed by atoms with Crippen LogP contribution in [0.4, 0.5) is 16.2 Å². The second kappa shape index (κ2) is 11.9. The summed E-state index contributed by atoms with van der Waals surface area (Å²) in [5.41, 5.74) is 4.99. The normalized spacial score (nSPS) is 14.6. The van der Waals surface area contributed by atoms with Crippen molar-refractivity contribution < 1.29 is 22.7 Å². The van der Waals surface area contributed by atoms with Crippen molar-refractivity contribution in [3.63, 3.8) is 0 Å². The first-order valence-corrected chi connectivity index (χ1v) is 14.8. The number of fused-ring (bicyclic) bond motifs is 1. The number of aryl methyl sites for hydroxylation is 1. The van der Waals surface area contributed by atoms with Gasteiger partial charge in [-0.15, -0.1) is 0 Å². The van der Waals surface area contributed by atoms with Crippen LogP contribution in [0, 0.1) is 6.92 Å². The Morgan fingerprint density at radius 2 is 1.59 bits per heavy atom. The number of carbonyl (C=O) groups is 2. The SMILES string of the molecule is CC(=O)NS(=O)(=O)c1ccccc1-c1cc(NC(=O)Nc2ccc(C)cc2)c2c(c1)C(c1ccccc1)CCCO2. The number of anilines is 2. The van der Waals surface area contributed by atoms with Crippen LogP contribution in [0.3, 0.4) is 0 Å². The summed E-state index contributed by atoms with van der Waals surface area (Å²) in [5.74, 6) is -0.191. The maximum absolute atomic E-state index is 13.2. The van der Waals surface area contributed by atoms with E-state index in [1.807, 2.05) is 55.5 Å². The summed E-state index contributed by atoms with van der Waals surface area (Å²) in [5, 5.41) is 5.79. The predicted octanol–water partition coefficient (Wildman–Crippen LogP) is 6.44. The number of carbonyl (C=O) groups excluding carboxylic acids is 2. The third kappa shape index (κ3) is 6.41. The van der Waals surface area contributed by atoms with E-state index in [-0.39, 0.29) is 10.8 Å². The Hall–Kier alpha value is -4.63. The number of rotatable bonds is 6. The maximum atomic E-state index is 13.2. The lowest BCUT2D eigenvalue weighted by atomic mass is 9.85. The summed E-state index contributed by atoms with van der Waals surface area (Å²) < 4.78 is 34.5. The number of benzene rings is 4. The first kappa shape index (κ1) is 27.9. The largest absolute Gasteiger partial charge is 0.491 e. The van der Waals surface area contributed by atoms with E-state index in [9.17, 15) is 18.0 Å². The fraction of sp³-hybridized carbons (Fsp3) is 0.188. The van der Waals surface area contributed by atoms with Gasteiger partial charge < -0.3 is 15.4 Å². The number of ether oxygens (including phenoxy) is 1. The van der Waals surface area contributed by atoms with Crippen LogP contribution in [-0.4, -0.2) is 27.0 Å². The molecule has 0 fully saturated rings. The van der Waals surface area contributed by atoms with Gasteiger partial charge in [0.15, 0.2) is 0 Å². The molecule has 5 rings (SSSR count). The minimum Gasteiger partial charge on any atom is -0.491 e. The number of nitrogens with one attached hydrogen (secondary N) is 3. The molecule has 0 saturated carbocycles. The molecule has 0 aliphatic carbocycles. The molecule has 1 aliphatic rings. The van der Waals surface area contributed by atoms with Crippen molar-refractivity contribution in [2.75, 3.05) is 17.2 Å². The molecule has 0 bridgehead atoms. The van der Waals surface area contributed by atoms with E-state index >= 15 is 0 Å². The topological polar surface area (TPSA) is 114 Å². The molecule has 0 saturated heterocycles. The van der Waals surface area contributed by atoms with Crippen LogP contribution in [0.25, 0.3) is 11.1 Å². The van der Waals surface area contributed by atoms with Crippen molar-refractivity contribution in [3.05, 3.63) is 108 Å². The number of hydrogen-bond donors (Lipinski definition) is 3. The molecule has 4 aromatic rings. The van der Waals surface area contributed by atoms with E-state index in [0.717, 1.165) is 36.5 Å². The third-order valence-corrected chi connectivity index (χ3v) is 8.39. The highest BCUT2D eigenvalue weighted by Gasteiger charge is 2.28. The van der Waals surface area contributed by atoms with Gasteiger partial charge in [-0.05, 0) is 61.2 Å². The third-order valence-electron chi connectivity index (χ3n) is 6.90. The Labute approximate surface area is 239 Å². The number of urea groups is 1. The lowest BCUT2D eigenvalue weighted by Gasteiger charge is -2.22. The quantitative estimate of drug-likeness (QED) is 0.247. The fourth-order valence-electron chi connectivity index (χ4n) is 5.07. The Balaban J connectivity index is 1.65. The molecule has 0 radical (unpaired) electrons. The van der Waals surface area contributed by atoms with Crippen molar-refractivity contribution in [2.45, 2.75) is 37.5 Å². The van der Waals surface area contributed by atoms with Crippen molar-refractivity contribution >= 4 is 33.3 Å². The average Bonchev–Trinajstić information content (AvgIpc) is 3.17. The minimum absolute atomic E-state index is 0.0454. The highest BCUT2D eigenvalue weighted by Crippen LogP contribution is 2.45. The van der Waals surface area contributed by atoms with Crippen molar-refractivity contribution in [1.29, 1.82) is 0 Å². The van der Waals surface area contributed by atoms with Gasteiger partial charge in [0, 0.05) is 29.7 Å². The smallest absolute Gasteiger partial charge is 0.323 e. The molecular formula is C32H31N3O5S. The van der Waals surface area contributed by atoms with Crippen LogP contribution in [0.5, 0.6) is 5.75 Å². The van der Waals surface area contributed by atoms with Crippen LogP contribution in [-0.2, 0) is 14.8 Å². The summed E-state index contributed by atoms with van der Waals surface area (Å²) in [7, 11) is -4.14. The van der Waals surface area contributed by atoms with Gasteiger partial charge in [-0.3, -0.25) is 4.79 Å². The van der Waals surface area contributed by atoms with Gasteiger partial charge in [-0.1, -0.05) is 66.2 Å². The molecule has 4 aromatic carbocycles. The Kier molecular flexibility index (Phi) is 8.07. The molecule has 0 aromatic heterocycles. The molecule has 3 N–H and O–H groups in total. The number of sulfonamides is 1. The van der Waals surface area contributed by atoms with Crippen LogP contribution in [0.2, 0.25) is 0 Å². The average molecular weight is 570 g/mol. The zero-order valence-corrected chi connectivity index (χ0v) is 23.6. The zero-order chi connectivity index (χ0) is 29.0. The first-order valence-electron chi connectivity index (χ1n) is 13.3. The highest BCUT2D eigenvalue weighted by molar-refractivity contribution is 7.90. The van der Waals surface area contributed by atoms with Gasteiger partial charge >= 0.3 is 6.03 Å². The van der Waals surface area contributed by atoms with Crippen LogP contribution >= 0.6 is 0 Å². The van der Waals surface area contributed by atoms with Gasteiger partial charge in [0.25, 0.3) is 10.0 Å².